The Hall–Kier alpha value is -0.343. The van der Waals surface area contributed by atoms with Crippen molar-refractivity contribution in [3.05, 3.63) is 16.1 Å². The Balaban J connectivity index is 0. The Morgan fingerprint density at radius 1 is 1.64 bits per heavy atom. The van der Waals surface area contributed by atoms with Crippen molar-refractivity contribution in [3.8, 4) is 0 Å². The van der Waals surface area contributed by atoms with Gasteiger partial charge in [0.1, 0.15) is 0 Å². The second kappa shape index (κ2) is 8.01. The molecule has 1 rings (SSSR count). The molecule has 0 aliphatic carbocycles. The van der Waals surface area contributed by atoms with Crippen LogP contribution in [0.15, 0.2) is 5.38 Å². The van der Waals surface area contributed by atoms with Crippen LogP contribution in [0.3, 0.4) is 0 Å². The van der Waals surface area contributed by atoms with Gasteiger partial charge in [-0.2, -0.15) is 0 Å². The van der Waals surface area contributed by atoms with Crippen LogP contribution < -0.4 is 18.9 Å². The average Bonchev–Trinajstić information content (AvgIpc) is 2.48. The van der Waals surface area contributed by atoms with Crippen molar-refractivity contribution < 1.29 is 34.2 Å². The first-order valence-corrected chi connectivity index (χ1v) is 4.79. The predicted molar refractivity (Wildman–Crippen MR) is 49.6 cm³/mol. The van der Waals surface area contributed by atoms with E-state index in [-0.39, 0.29) is 30.0 Å². The number of thiazole rings is 1. The summed E-state index contributed by atoms with van der Waals surface area (Å²) in [5, 5.41) is 11.1. The molecular formula is C8H12LiNO3S. The number of unbranched alkanes of at least 4 members (excludes halogenated alkanes) is 1. The van der Waals surface area contributed by atoms with Crippen molar-refractivity contribution in [3.63, 3.8) is 0 Å². The summed E-state index contributed by atoms with van der Waals surface area (Å²) in [4.78, 5) is 14.4. The van der Waals surface area contributed by atoms with Gasteiger partial charge in [-0.1, -0.05) is 13.3 Å². The minimum atomic E-state index is -0.936. The zero-order valence-electron chi connectivity index (χ0n) is 8.36. The van der Waals surface area contributed by atoms with Gasteiger partial charge in [0.05, 0.1) is 5.01 Å². The number of carbonyl (C=O) groups is 1. The van der Waals surface area contributed by atoms with Crippen LogP contribution in [0.5, 0.6) is 0 Å². The molecule has 0 aliphatic rings. The predicted octanol–water partition coefficient (Wildman–Crippen LogP) is -0.989. The summed E-state index contributed by atoms with van der Waals surface area (Å²) in [6, 6.07) is 0. The van der Waals surface area contributed by atoms with Crippen molar-refractivity contribution in [1.82, 2.24) is 4.98 Å². The van der Waals surface area contributed by atoms with E-state index in [1.165, 1.54) is 11.3 Å². The Bertz CT molecular complexity index is 277. The van der Waals surface area contributed by atoms with Crippen LogP contribution in [0.25, 0.3) is 0 Å². The van der Waals surface area contributed by atoms with E-state index in [4.69, 9.17) is 5.11 Å². The Labute approximate surface area is 98.9 Å². The molecule has 6 heteroatoms. The van der Waals surface area contributed by atoms with Crippen molar-refractivity contribution in [2.75, 3.05) is 0 Å². The molecule has 4 nitrogen and oxygen atoms in total. The van der Waals surface area contributed by atoms with Crippen LogP contribution >= 0.6 is 11.3 Å². The van der Waals surface area contributed by atoms with E-state index < -0.39 is 5.97 Å². The van der Waals surface area contributed by atoms with Gasteiger partial charge in [0, 0.05) is 5.38 Å². The maximum Gasteiger partial charge on any atom is 1.00 e. The molecule has 0 spiro atoms. The molecule has 0 radical (unpaired) electrons. The van der Waals surface area contributed by atoms with E-state index in [0.717, 1.165) is 24.3 Å². The maximum atomic E-state index is 10.4. The van der Waals surface area contributed by atoms with Crippen LogP contribution in [0, 0.1) is 0 Å². The fourth-order valence-corrected chi connectivity index (χ4v) is 1.67. The second-order valence-electron chi connectivity index (χ2n) is 2.54. The van der Waals surface area contributed by atoms with Crippen LogP contribution in [0.2, 0.25) is 0 Å². The first-order valence-electron chi connectivity index (χ1n) is 3.91. The van der Waals surface area contributed by atoms with Gasteiger partial charge in [-0.05, 0) is 12.8 Å². The number of hydrogen-bond donors (Lipinski definition) is 1. The Morgan fingerprint density at radius 3 is 2.71 bits per heavy atom. The number of aryl methyl sites for hydroxylation is 1. The molecule has 0 saturated carbocycles. The Morgan fingerprint density at radius 2 is 2.29 bits per heavy atom. The zero-order chi connectivity index (χ0) is 8.97. The number of rotatable bonds is 4. The SMILES string of the molecule is CCCCc1nc(C(=O)O)cs1.[Li+].[OH-]. The quantitative estimate of drug-likeness (QED) is 0.646. The van der Waals surface area contributed by atoms with Crippen LogP contribution in [0.1, 0.15) is 35.3 Å². The van der Waals surface area contributed by atoms with Crippen LogP contribution in [0.4, 0.5) is 0 Å². The van der Waals surface area contributed by atoms with E-state index in [1.54, 1.807) is 5.38 Å². The molecule has 0 saturated heterocycles. The van der Waals surface area contributed by atoms with Crippen molar-refractivity contribution >= 4 is 17.3 Å². The number of nitrogens with zero attached hydrogens (tertiary/aromatic N) is 1. The van der Waals surface area contributed by atoms with Crippen LogP contribution in [-0.4, -0.2) is 21.5 Å². The molecule has 0 amide bonds. The average molecular weight is 209 g/mol. The van der Waals surface area contributed by atoms with E-state index in [0.29, 0.717) is 0 Å². The molecule has 0 fully saturated rings. The standard InChI is InChI=1S/C8H11NO2S.Li.H2O/c1-2-3-4-7-9-6(5-12-7)8(10)11;;/h5H,2-4H2,1H3,(H,10,11);;1H2/q;+1;/p-1. The van der Waals surface area contributed by atoms with Gasteiger partial charge in [0.15, 0.2) is 5.69 Å². The molecule has 0 unspecified atom stereocenters. The van der Waals surface area contributed by atoms with E-state index in [2.05, 4.69) is 11.9 Å². The fourth-order valence-electron chi connectivity index (χ4n) is 0.852. The van der Waals surface area contributed by atoms with Gasteiger partial charge >= 0.3 is 24.8 Å². The third kappa shape index (κ3) is 4.77. The van der Waals surface area contributed by atoms with E-state index in [1.807, 2.05) is 0 Å². The second-order valence-corrected chi connectivity index (χ2v) is 3.48. The van der Waals surface area contributed by atoms with E-state index >= 15 is 0 Å². The molecule has 1 heterocycles. The largest absolute Gasteiger partial charge is 1.00 e. The smallest absolute Gasteiger partial charge is 0.870 e. The molecule has 0 aliphatic heterocycles. The minimum Gasteiger partial charge on any atom is -0.870 e. The summed E-state index contributed by atoms with van der Waals surface area (Å²) < 4.78 is 0. The molecule has 2 N–H and O–H groups in total. The molecule has 1 aromatic rings. The number of carboxylic acid groups (broad SMARTS) is 1. The van der Waals surface area contributed by atoms with Gasteiger partial charge in [0.25, 0.3) is 0 Å². The third-order valence-electron chi connectivity index (χ3n) is 1.52. The van der Waals surface area contributed by atoms with Gasteiger partial charge in [-0.3, -0.25) is 0 Å². The molecule has 1 aromatic heterocycles. The van der Waals surface area contributed by atoms with Gasteiger partial charge < -0.3 is 10.6 Å². The van der Waals surface area contributed by atoms with Gasteiger partial charge in [-0.15, -0.1) is 11.3 Å². The number of aromatic carboxylic acids is 1. The summed E-state index contributed by atoms with van der Waals surface area (Å²) in [5.74, 6) is -0.936. The molecule has 0 bridgehead atoms. The summed E-state index contributed by atoms with van der Waals surface area (Å²) in [7, 11) is 0. The fraction of sp³-hybridized carbons (Fsp3) is 0.500. The van der Waals surface area contributed by atoms with Gasteiger partial charge in [0.2, 0.25) is 0 Å². The monoisotopic (exact) mass is 209 g/mol. The minimum absolute atomic E-state index is 0. The maximum absolute atomic E-state index is 10.4. The van der Waals surface area contributed by atoms with Crippen molar-refractivity contribution in [2.45, 2.75) is 26.2 Å². The van der Waals surface area contributed by atoms with Gasteiger partial charge in [-0.25, -0.2) is 9.78 Å². The summed E-state index contributed by atoms with van der Waals surface area (Å²) in [6.07, 6.45) is 3.09. The summed E-state index contributed by atoms with van der Waals surface area (Å²) in [5.41, 5.74) is 0.172. The molecular weight excluding hydrogens is 197 g/mol. The molecule has 14 heavy (non-hydrogen) atoms. The molecule has 74 valence electrons. The molecule has 0 atom stereocenters. The third-order valence-corrected chi connectivity index (χ3v) is 2.42. The molecule has 0 aromatic carbocycles. The summed E-state index contributed by atoms with van der Waals surface area (Å²) in [6.45, 7) is 2.10. The topological polar surface area (TPSA) is 80.2 Å². The number of aromatic nitrogens is 1. The van der Waals surface area contributed by atoms with Crippen molar-refractivity contribution in [2.24, 2.45) is 0 Å². The van der Waals surface area contributed by atoms with Crippen molar-refractivity contribution in [1.29, 1.82) is 0 Å². The number of carboxylic acids is 1. The summed E-state index contributed by atoms with van der Waals surface area (Å²) >= 11 is 1.43. The zero-order valence-corrected chi connectivity index (χ0v) is 9.17. The Kier molecular flexibility index (Phi) is 9.21. The number of hydrogen-bond acceptors (Lipinski definition) is 4. The first-order chi connectivity index (χ1) is 5.74. The van der Waals surface area contributed by atoms with E-state index in [9.17, 15) is 4.79 Å². The normalized spacial score (nSPS) is 8.64. The first kappa shape index (κ1) is 16.1. The van der Waals surface area contributed by atoms with Crippen LogP contribution in [-0.2, 0) is 6.42 Å².